The molecule has 3 heteroatoms. The van der Waals surface area contributed by atoms with Crippen LogP contribution in [0.15, 0.2) is 78.9 Å². The van der Waals surface area contributed by atoms with Gasteiger partial charge in [-0.2, -0.15) is 0 Å². The zero-order valence-electron chi connectivity index (χ0n) is 11.6. The van der Waals surface area contributed by atoms with E-state index in [9.17, 15) is 5.11 Å². The average molecular weight is 316 g/mol. The van der Waals surface area contributed by atoms with Crippen LogP contribution in [0.1, 0.15) is 5.56 Å². The molecule has 0 aliphatic carbocycles. The Morgan fingerprint density at radius 3 is 1.82 bits per heavy atom. The molecule has 0 saturated heterocycles. The SMILES string of the molecule is Oc1ccc(-c2ccc(OCc3ccccc3)cc2)cc1.[KH]. The van der Waals surface area contributed by atoms with Crippen molar-refractivity contribution in [3.63, 3.8) is 0 Å². The van der Waals surface area contributed by atoms with E-state index < -0.39 is 0 Å². The van der Waals surface area contributed by atoms with Crippen LogP contribution >= 0.6 is 0 Å². The second-order valence-electron chi connectivity index (χ2n) is 4.85. The molecular formula is C19H17KO2. The molecule has 0 spiro atoms. The first-order chi connectivity index (χ1) is 10.3. The van der Waals surface area contributed by atoms with Crippen molar-refractivity contribution >= 4 is 51.4 Å². The van der Waals surface area contributed by atoms with Crippen LogP contribution in [-0.2, 0) is 6.61 Å². The van der Waals surface area contributed by atoms with Crippen LogP contribution < -0.4 is 4.74 Å². The first-order valence-corrected chi connectivity index (χ1v) is 6.87. The van der Waals surface area contributed by atoms with Crippen molar-refractivity contribution < 1.29 is 9.84 Å². The maximum atomic E-state index is 9.31. The molecule has 0 bridgehead atoms. The molecule has 22 heavy (non-hydrogen) atoms. The van der Waals surface area contributed by atoms with Gasteiger partial charge in [-0.25, -0.2) is 0 Å². The van der Waals surface area contributed by atoms with E-state index in [1.165, 1.54) is 0 Å². The Morgan fingerprint density at radius 1 is 0.682 bits per heavy atom. The second kappa shape index (κ2) is 8.51. The van der Waals surface area contributed by atoms with Crippen LogP contribution in [0.5, 0.6) is 11.5 Å². The molecule has 3 aromatic rings. The van der Waals surface area contributed by atoms with Gasteiger partial charge in [0.2, 0.25) is 0 Å². The van der Waals surface area contributed by atoms with Gasteiger partial charge in [-0.15, -0.1) is 0 Å². The molecule has 3 aromatic carbocycles. The molecule has 106 valence electrons. The number of ether oxygens (including phenoxy) is 1. The molecule has 0 radical (unpaired) electrons. The molecule has 0 aliphatic heterocycles. The molecule has 0 unspecified atom stereocenters. The zero-order valence-corrected chi connectivity index (χ0v) is 11.6. The van der Waals surface area contributed by atoms with Crippen LogP contribution in [0.2, 0.25) is 0 Å². The number of hydrogen-bond acceptors (Lipinski definition) is 2. The first kappa shape index (κ1) is 17.3. The van der Waals surface area contributed by atoms with Crippen LogP contribution in [0.3, 0.4) is 0 Å². The van der Waals surface area contributed by atoms with Gasteiger partial charge in [-0.1, -0.05) is 54.6 Å². The third kappa shape index (κ3) is 4.70. The predicted octanol–water partition coefficient (Wildman–Crippen LogP) is 3.99. The molecule has 0 aliphatic rings. The molecule has 0 saturated carbocycles. The summed E-state index contributed by atoms with van der Waals surface area (Å²) in [5, 5.41) is 9.31. The summed E-state index contributed by atoms with van der Waals surface area (Å²) in [6, 6.07) is 25.2. The third-order valence-electron chi connectivity index (χ3n) is 3.30. The van der Waals surface area contributed by atoms with Crippen molar-refractivity contribution in [1.82, 2.24) is 0 Å². The minimum absolute atomic E-state index is 0. The van der Waals surface area contributed by atoms with E-state index in [-0.39, 0.29) is 57.1 Å². The van der Waals surface area contributed by atoms with Crippen LogP contribution in [0, 0.1) is 0 Å². The van der Waals surface area contributed by atoms with E-state index in [1.54, 1.807) is 12.1 Å². The van der Waals surface area contributed by atoms with Gasteiger partial charge in [0.25, 0.3) is 0 Å². The normalized spacial score (nSPS) is 9.82. The van der Waals surface area contributed by atoms with E-state index in [0.29, 0.717) is 6.61 Å². The summed E-state index contributed by atoms with van der Waals surface area (Å²) in [6.07, 6.45) is 0. The van der Waals surface area contributed by atoms with Crippen molar-refractivity contribution in [1.29, 1.82) is 0 Å². The summed E-state index contributed by atoms with van der Waals surface area (Å²) in [7, 11) is 0. The van der Waals surface area contributed by atoms with Gasteiger partial charge < -0.3 is 9.84 Å². The van der Waals surface area contributed by atoms with Crippen molar-refractivity contribution in [3.05, 3.63) is 84.4 Å². The quantitative estimate of drug-likeness (QED) is 0.738. The Balaban J connectivity index is 0.00000176. The minimum atomic E-state index is 0. The van der Waals surface area contributed by atoms with Crippen molar-refractivity contribution in [2.24, 2.45) is 0 Å². The van der Waals surface area contributed by atoms with Gasteiger partial charge in [-0.05, 0) is 41.0 Å². The fourth-order valence-corrected chi connectivity index (χ4v) is 2.14. The van der Waals surface area contributed by atoms with Crippen LogP contribution in [0.4, 0.5) is 0 Å². The van der Waals surface area contributed by atoms with Gasteiger partial charge in [0.15, 0.2) is 0 Å². The van der Waals surface area contributed by atoms with Crippen molar-refractivity contribution in [2.75, 3.05) is 0 Å². The van der Waals surface area contributed by atoms with Gasteiger partial charge >= 0.3 is 51.4 Å². The van der Waals surface area contributed by atoms with Crippen molar-refractivity contribution in [3.8, 4) is 22.6 Å². The molecule has 0 heterocycles. The fraction of sp³-hybridized carbons (Fsp3) is 0.0526. The monoisotopic (exact) mass is 316 g/mol. The topological polar surface area (TPSA) is 29.5 Å². The van der Waals surface area contributed by atoms with Crippen LogP contribution in [-0.4, -0.2) is 56.5 Å². The van der Waals surface area contributed by atoms with Crippen LogP contribution in [0.25, 0.3) is 11.1 Å². The summed E-state index contributed by atoms with van der Waals surface area (Å²) >= 11 is 0. The number of benzene rings is 3. The molecule has 0 aromatic heterocycles. The number of hydrogen-bond donors (Lipinski definition) is 1. The van der Waals surface area contributed by atoms with E-state index in [1.807, 2.05) is 66.7 Å². The van der Waals surface area contributed by atoms with E-state index >= 15 is 0 Å². The zero-order chi connectivity index (χ0) is 14.5. The summed E-state index contributed by atoms with van der Waals surface area (Å²) < 4.78 is 5.76. The molecular weight excluding hydrogens is 299 g/mol. The molecule has 1 N–H and O–H groups in total. The summed E-state index contributed by atoms with van der Waals surface area (Å²) in [5.74, 6) is 1.13. The fourth-order valence-electron chi connectivity index (χ4n) is 2.14. The summed E-state index contributed by atoms with van der Waals surface area (Å²) in [4.78, 5) is 0. The second-order valence-corrected chi connectivity index (χ2v) is 4.85. The summed E-state index contributed by atoms with van der Waals surface area (Å²) in [5.41, 5.74) is 3.32. The molecule has 0 fully saturated rings. The maximum absolute atomic E-state index is 9.31. The number of rotatable bonds is 4. The molecule has 0 amide bonds. The van der Waals surface area contributed by atoms with Crippen molar-refractivity contribution in [2.45, 2.75) is 6.61 Å². The van der Waals surface area contributed by atoms with Gasteiger partial charge in [0.1, 0.15) is 18.1 Å². The number of aromatic hydroxyl groups is 1. The molecule has 3 rings (SSSR count). The molecule has 0 atom stereocenters. The van der Waals surface area contributed by atoms with Gasteiger partial charge in [0.05, 0.1) is 0 Å². The van der Waals surface area contributed by atoms with E-state index in [4.69, 9.17) is 4.74 Å². The summed E-state index contributed by atoms with van der Waals surface area (Å²) in [6.45, 7) is 0.569. The first-order valence-electron chi connectivity index (χ1n) is 6.87. The Kier molecular flexibility index (Phi) is 6.67. The van der Waals surface area contributed by atoms with Gasteiger partial charge in [-0.3, -0.25) is 0 Å². The Hall–Kier alpha value is -1.10. The molecule has 2 nitrogen and oxygen atoms in total. The Labute approximate surface area is 173 Å². The Morgan fingerprint density at radius 2 is 1.23 bits per heavy atom. The average Bonchev–Trinajstić information content (AvgIpc) is 2.55. The third-order valence-corrected chi connectivity index (χ3v) is 3.30. The predicted molar refractivity (Wildman–Crippen MR) is 91.5 cm³/mol. The van der Waals surface area contributed by atoms with E-state index in [0.717, 1.165) is 22.4 Å². The number of phenols is 1. The van der Waals surface area contributed by atoms with E-state index in [2.05, 4.69) is 0 Å². The van der Waals surface area contributed by atoms with Gasteiger partial charge in [0, 0.05) is 0 Å². The number of phenolic OH excluding ortho intramolecular Hbond substituents is 1. The Bertz CT molecular complexity index is 692. The standard InChI is InChI=1S/C19H16O2.K.H/c20-18-10-6-16(7-11-18)17-8-12-19(13-9-17)21-14-15-4-2-1-3-5-15;;/h1-13,20H,14H2;;.